The van der Waals surface area contributed by atoms with Crippen LogP contribution in [0.3, 0.4) is 0 Å². The van der Waals surface area contributed by atoms with Crippen molar-refractivity contribution in [2.75, 3.05) is 4.90 Å². The average Bonchev–Trinajstić information content (AvgIpc) is 2.78. The summed E-state index contributed by atoms with van der Waals surface area (Å²) in [5.74, 6) is 0. The van der Waals surface area contributed by atoms with Crippen LogP contribution in [0.25, 0.3) is 0 Å². The van der Waals surface area contributed by atoms with E-state index < -0.39 is 0 Å². The van der Waals surface area contributed by atoms with E-state index in [0.29, 0.717) is 0 Å². The van der Waals surface area contributed by atoms with Crippen molar-refractivity contribution in [3.05, 3.63) is 125 Å². The SMILES string of the molecule is Cc1ccc(CCCc2ccc(N(c3ccccc3)c3ccc(C)cc3)cc2)cc1. The van der Waals surface area contributed by atoms with Gasteiger partial charge in [-0.1, -0.05) is 77.9 Å². The van der Waals surface area contributed by atoms with Gasteiger partial charge in [0.25, 0.3) is 0 Å². The highest BCUT2D eigenvalue weighted by Crippen LogP contribution is 2.34. The molecular formula is C29H29N. The molecule has 0 aromatic heterocycles. The third-order valence-corrected chi connectivity index (χ3v) is 5.55. The molecule has 4 rings (SSSR count). The number of rotatable bonds is 7. The number of aryl methyl sites for hydroxylation is 4. The van der Waals surface area contributed by atoms with E-state index in [-0.39, 0.29) is 0 Å². The molecular weight excluding hydrogens is 362 g/mol. The fourth-order valence-electron chi connectivity index (χ4n) is 3.78. The summed E-state index contributed by atoms with van der Waals surface area (Å²) in [5, 5.41) is 0. The Bertz CT molecular complexity index is 1050. The summed E-state index contributed by atoms with van der Waals surface area (Å²) in [6, 6.07) is 37.2. The van der Waals surface area contributed by atoms with Crippen molar-refractivity contribution in [3.8, 4) is 0 Å². The first-order chi connectivity index (χ1) is 14.7. The Labute approximate surface area is 180 Å². The highest BCUT2D eigenvalue weighted by molar-refractivity contribution is 5.76. The smallest absolute Gasteiger partial charge is 0.0461 e. The highest BCUT2D eigenvalue weighted by Gasteiger charge is 2.11. The number of benzene rings is 4. The molecule has 150 valence electrons. The van der Waals surface area contributed by atoms with Gasteiger partial charge in [0.2, 0.25) is 0 Å². The van der Waals surface area contributed by atoms with Crippen LogP contribution in [0, 0.1) is 13.8 Å². The summed E-state index contributed by atoms with van der Waals surface area (Å²) in [7, 11) is 0. The molecule has 0 fully saturated rings. The second kappa shape index (κ2) is 9.45. The Morgan fingerprint density at radius 2 is 0.867 bits per heavy atom. The molecule has 0 unspecified atom stereocenters. The van der Waals surface area contributed by atoms with Crippen molar-refractivity contribution < 1.29 is 0 Å². The molecule has 1 nitrogen and oxygen atoms in total. The van der Waals surface area contributed by atoms with Crippen LogP contribution >= 0.6 is 0 Å². The molecule has 0 saturated carbocycles. The molecule has 1 heteroatoms. The van der Waals surface area contributed by atoms with Gasteiger partial charge in [-0.3, -0.25) is 0 Å². The first kappa shape index (κ1) is 20.0. The lowest BCUT2D eigenvalue weighted by molar-refractivity contribution is 0.820. The number of nitrogens with zero attached hydrogens (tertiary/aromatic N) is 1. The van der Waals surface area contributed by atoms with E-state index in [2.05, 4.69) is 122 Å². The van der Waals surface area contributed by atoms with Gasteiger partial charge in [0.15, 0.2) is 0 Å². The van der Waals surface area contributed by atoms with Gasteiger partial charge in [0.1, 0.15) is 0 Å². The topological polar surface area (TPSA) is 3.24 Å². The Balaban J connectivity index is 1.49. The maximum Gasteiger partial charge on any atom is 0.0461 e. The lowest BCUT2D eigenvalue weighted by Gasteiger charge is -2.25. The number of anilines is 3. The minimum Gasteiger partial charge on any atom is -0.311 e. The van der Waals surface area contributed by atoms with Gasteiger partial charge in [-0.25, -0.2) is 0 Å². The minimum absolute atomic E-state index is 1.10. The lowest BCUT2D eigenvalue weighted by Crippen LogP contribution is -2.09. The molecule has 0 radical (unpaired) electrons. The van der Waals surface area contributed by atoms with Crippen molar-refractivity contribution in [1.82, 2.24) is 0 Å². The fourth-order valence-corrected chi connectivity index (χ4v) is 3.78. The first-order valence-corrected chi connectivity index (χ1v) is 10.8. The molecule has 0 aliphatic carbocycles. The largest absolute Gasteiger partial charge is 0.311 e. The summed E-state index contributed by atoms with van der Waals surface area (Å²) >= 11 is 0. The van der Waals surface area contributed by atoms with Gasteiger partial charge in [-0.15, -0.1) is 0 Å². The molecule has 0 atom stereocenters. The van der Waals surface area contributed by atoms with Crippen LogP contribution < -0.4 is 4.90 Å². The molecule has 0 N–H and O–H groups in total. The number of para-hydroxylation sites is 1. The van der Waals surface area contributed by atoms with Crippen LogP contribution in [0.4, 0.5) is 17.1 Å². The average molecular weight is 392 g/mol. The van der Waals surface area contributed by atoms with Crippen LogP contribution in [0.15, 0.2) is 103 Å². The van der Waals surface area contributed by atoms with Crippen LogP contribution in [-0.4, -0.2) is 0 Å². The minimum atomic E-state index is 1.10. The van der Waals surface area contributed by atoms with Gasteiger partial charge < -0.3 is 4.90 Å². The van der Waals surface area contributed by atoms with Crippen molar-refractivity contribution >= 4 is 17.1 Å². The van der Waals surface area contributed by atoms with Crippen LogP contribution in [-0.2, 0) is 12.8 Å². The third kappa shape index (κ3) is 4.99. The maximum atomic E-state index is 2.32. The standard InChI is InChI=1S/C29H29N/c1-23-11-15-25(16-12-23)7-6-8-26-17-21-29(22-18-26)30(27-9-4-3-5-10-27)28-19-13-24(2)14-20-28/h3-5,9-22H,6-8H2,1-2H3. The molecule has 0 amide bonds. The second-order valence-corrected chi connectivity index (χ2v) is 8.01. The van der Waals surface area contributed by atoms with E-state index in [1.165, 1.54) is 45.7 Å². The summed E-state index contributed by atoms with van der Waals surface area (Å²) in [4.78, 5) is 2.32. The number of hydrogen-bond acceptors (Lipinski definition) is 1. The van der Waals surface area contributed by atoms with E-state index >= 15 is 0 Å². The zero-order chi connectivity index (χ0) is 20.8. The number of hydrogen-bond donors (Lipinski definition) is 0. The first-order valence-electron chi connectivity index (χ1n) is 10.8. The monoisotopic (exact) mass is 391 g/mol. The molecule has 30 heavy (non-hydrogen) atoms. The Morgan fingerprint density at radius 1 is 0.467 bits per heavy atom. The molecule has 4 aromatic rings. The van der Waals surface area contributed by atoms with Crippen LogP contribution in [0.2, 0.25) is 0 Å². The van der Waals surface area contributed by atoms with Crippen molar-refractivity contribution in [3.63, 3.8) is 0 Å². The predicted octanol–water partition coefficient (Wildman–Crippen LogP) is 7.95. The van der Waals surface area contributed by atoms with Gasteiger partial charge >= 0.3 is 0 Å². The summed E-state index contributed by atoms with van der Waals surface area (Å²) in [6.45, 7) is 4.27. The van der Waals surface area contributed by atoms with Gasteiger partial charge in [-0.05, 0) is 80.6 Å². The normalized spacial score (nSPS) is 10.7. The summed E-state index contributed by atoms with van der Waals surface area (Å²) in [6.07, 6.45) is 3.40. The van der Waals surface area contributed by atoms with E-state index in [9.17, 15) is 0 Å². The zero-order valence-corrected chi connectivity index (χ0v) is 17.9. The lowest BCUT2D eigenvalue weighted by atomic mass is 10.0. The van der Waals surface area contributed by atoms with Gasteiger partial charge in [0.05, 0.1) is 0 Å². The van der Waals surface area contributed by atoms with E-state index in [4.69, 9.17) is 0 Å². The third-order valence-electron chi connectivity index (χ3n) is 5.55. The molecule has 4 aromatic carbocycles. The molecule has 0 spiro atoms. The quantitative estimate of drug-likeness (QED) is 0.309. The molecule has 0 heterocycles. The Hall–Kier alpha value is -3.32. The van der Waals surface area contributed by atoms with Crippen molar-refractivity contribution in [2.24, 2.45) is 0 Å². The molecule has 0 saturated heterocycles. The van der Waals surface area contributed by atoms with Gasteiger partial charge in [-0.2, -0.15) is 0 Å². The molecule has 0 aliphatic rings. The van der Waals surface area contributed by atoms with Crippen LogP contribution in [0.5, 0.6) is 0 Å². The zero-order valence-electron chi connectivity index (χ0n) is 17.9. The predicted molar refractivity (Wildman–Crippen MR) is 129 cm³/mol. The maximum absolute atomic E-state index is 2.32. The summed E-state index contributed by atoms with van der Waals surface area (Å²) < 4.78 is 0. The Morgan fingerprint density at radius 3 is 1.40 bits per heavy atom. The van der Waals surface area contributed by atoms with Crippen LogP contribution in [0.1, 0.15) is 28.7 Å². The van der Waals surface area contributed by atoms with Crippen molar-refractivity contribution in [1.29, 1.82) is 0 Å². The Kier molecular flexibility index (Phi) is 6.29. The molecule has 0 bridgehead atoms. The summed E-state index contributed by atoms with van der Waals surface area (Å²) in [5.41, 5.74) is 8.95. The van der Waals surface area contributed by atoms with E-state index in [1.807, 2.05) is 0 Å². The molecule has 0 aliphatic heterocycles. The van der Waals surface area contributed by atoms with Gasteiger partial charge in [0, 0.05) is 17.1 Å². The van der Waals surface area contributed by atoms with E-state index in [1.54, 1.807) is 0 Å². The highest BCUT2D eigenvalue weighted by atomic mass is 15.1. The fraction of sp³-hybridized carbons (Fsp3) is 0.172. The van der Waals surface area contributed by atoms with E-state index in [0.717, 1.165) is 12.8 Å². The van der Waals surface area contributed by atoms with Crippen molar-refractivity contribution in [2.45, 2.75) is 33.1 Å². The second-order valence-electron chi connectivity index (χ2n) is 8.01.